The Morgan fingerprint density at radius 2 is 1.69 bits per heavy atom. The van der Waals surface area contributed by atoms with Gasteiger partial charge in [-0.2, -0.15) is 4.31 Å². The van der Waals surface area contributed by atoms with E-state index >= 15 is 0 Å². The lowest BCUT2D eigenvalue weighted by Gasteiger charge is -2.26. The first-order valence-electron chi connectivity index (χ1n) is 11.7. The molecule has 0 radical (unpaired) electrons. The van der Waals surface area contributed by atoms with Crippen LogP contribution in [0.2, 0.25) is 5.02 Å². The predicted octanol–water partition coefficient (Wildman–Crippen LogP) is 5.37. The summed E-state index contributed by atoms with van der Waals surface area (Å²) in [5.41, 5.74) is 3.96. The van der Waals surface area contributed by atoms with Crippen molar-refractivity contribution in [2.75, 3.05) is 26.3 Å². The van der Waals surface area contributed by atoms with Gasteiger partial charge in [-0.25, -0.2) is 13.4 Å². The molecule has 0 N–H and O–H groups in total. The van der Waals surface area contributed by atoms with E-state index in [4.69, 9.17) is 21.3 Å². The number of aromatic nitrogens is 1. The summed E-state index contributed by atoms with van der Waals surface area (Å²) in [6, 6.07) is 24.9. The van der Waals surface area contributed by atoms with Crippen LogP contribution in [0.3, 0.4) is 0 Å². The van der Waals surface area contributed by atoms with Crippen molar-refractivity contribution in [3.8, 4) is 11.3 Å². The molecule has 0 saturated carbocycles. The number of thiazole rings is 1. The van der Waals surface area contributed by atoms with Crippen LogP contribution in [0.4, 0.5) is 5.69 Å². The number of benzene rings is 3. The quantitative estimate of drug-likeness (QED) is 0.317. The van der Waals surface area contributed by atoms with Gasteiger partial charge < -0.3 is 9.30 Å². The monoisotopic (exact) mass is 539 g/mol. The van der Waals surface area contributed by atoms with E-state index in [0.29, 0.717) is 36.2 Å². The Balaban J connectivity index is 1.49. The Labute approximate surface area is 220 Å². The lowest BCUT2D eigenvalue weighted by molar-refractivity contribution is 0.0730. The SMILES string of the molecule is O=S(=O)(c1ccc(-c2csc(=Nc3cccc(Cl)c3)n2CCc2ccccc2)cc1)N1CCOCC1. The van der Waals surface area contributed by atoms with Gasteiger partial charge in [-0.05, 0) is 47.9 Å². The minimum atomic E-state index is -3.54. The summed E-state index contributed by atoms with van der Waals surface area (Å²) in [7, 11) is -3.54. The second kappa shape index (κ2) is 11.1. The van der Waals surface area contributed by atoms with Gasteiger partial charge >= 0.3 is 0 Å². The highest BCUT2D eigenvalue weighted by atomic mass is 35.5. The van der Waals surface area contributed by atoms with E-state index in [2.05, 4.69) is 22.1 Å². The van der Waals surface area contributed by atoms with Crippen molar-refractivity contribution in [3.05, 3.63) is 99.6 Å². The molecule has 3 aromatic carbocycles. The smallest absolute Gasteiger partial charge is 0.243 e. The molecule has 0 unspecified atom stereocenters. The zero-order valence-electron chi connectivity index (χ0n) is 19.6. The van der Waals surface area contributed by atoms with Crippen molar-refractivity contribution < 1.29 is 13.2 Å². The van der Waals surface area contributed by atoms with Crippen molar-refractivity contribution in [1.82, 2.24) is 8.87 Å². The number of rotatable bonds is 7. The second-order valence-electron chi connectivity index (χ2n) is 8.42. The summed E-state index contributed by atoms with van der Waals surface area (Å²) in [4.78, 5) is 6.01. The Morgan fingerprint density at radius 3 is 2.42 bits per heavy atom. The summed E-state index contributed by atoms with van der Waals surface area (Å²) in [6.45, 7) is 2.33. The van der Waals surface area contributed by atoms with Crippen LogP contribution in [0, 0.1) is 0 Å². The summed E-state index contributed by atoms with van der Waals surface area (Å²) in [6.07, 6.45) is 0.844. The Morgan fingerprint density at radius 1 is 0.944 bits per heavy atom. The molecule has 0 spiro atoms. The predicted molar refractivity (Wildman–Crippen MR) is 144 cm³/mol. The van der Waals surface area contributed by atoms with Gasteiger partial charge in [-0.1, -0.05) is 60.1 Å². The van der Waals surface area contributed by atoms with Crippen LogP contribution in [0.5, 0.6) is 0 Å². The molecular weight excluding hydrogens is 514 g/mol. The number of morpholine rings is 1. The number of hydrogen-bond donors (Lipinski definition) is 0. The van der Waals surface area contributed by atoms with Gasteiger partial charge in [0.25, 0.3) is 0 Å². The third-order valence-corrected chi connectivity index (χ3v) is 9.07. The van der Waals surface area contributed by atoms with Crippen LogP contribution in [0.15, 0.2) is 94.1 Å². The second-order valence-corrected chi connectivity index (χ2v) is 11.6. The molecule has 0 aliphatic carbocycles. The minimum Gasteiger partial charge on any atom is -0.379 e. The zero-order valence-corrected chi connectivity index (χ0v) is 22.0. The largest absolute Gasteiger partial charge is 0.379 e. The molecule has 0 bridgehead atoms. The molecule has 6 nitrogen and oxygen atoms in total. The van der Waals surface area contributed by atoms with Crippen LogP contribution < -0.4 is 4.80 Å². The van der Waals surface area contributed by atoms with Gasteiger partial charge in [-0.3, -0.25) is 0 Å². The van der Waals surface area contributed by atoms with Crippen molar-refractivity contribution in [3.63, 3.8) is 0 Å². The fraction of sp³-hybridized carbons (Fsp3) is 0.222. The summed E-state index contributed by atoms with van der Waals surface area (Å²) >= 11 is 7.73. The van der Waals surface area contributed by atoms with Crippen molar-refractivity contribution in [1.29, 1.82) is 0 Å². The fourth-order valence-electron chi connectivity index (χ4n) is 4.14. The lowest BCUT2D eigenvalue weighted by Crippen LogP contribution is -2.40. The highest BCUT2D eigenvalue weighted by Crippen LogP contribution is 2.25. The standard InChI is InChI=1S/C27H26ClN3O3S2/c28-23-7-4-8-24(19-23)29-27-31(14-13-21-5-2-1-3-6-21)26(20-35-27)22-9-11-25(12-10-22)36(32,33)30-15-17-34-18-16-30/h1-12,19-20H,13-18H2. The Hall–Kier alpha value is -2.75. The third-order valence-electron chi connectivity index (χ3n) is 6.06. The average molecular weight is 540 g/mol. The molecule has 0 amide bonds. The molecule has 36 heavy (non-hydrogen) atoms. The maximum atomic E-state index is 13.0. The van der Waals surface area contributed by atoms with Crippen LogP contribution >= 0.6 is 22.9 Å². The van der Waals surface area contributed by atoms with Crippen molar-refractivity contribution in [2.45, 2.75) is 17.9 Å². The minimum absolute atomic E-state index is 0.294. The van der Waals surface area contributed by atoms with Crippen LogP contribution in [0.25, 0.3) is 11.3 Å². The molecule has 1 saturated heterocycles. The van der Waals surface area contributed by atoms with Gasteiger partial charge in [0.2, 0.25) is 10.0 Å². The van der Waals surface area contributed by atoms with Gasteiger partial charge in [0.1, 0.15) is 0 Å². The number of ether oxygens (including phenoxy) is 1. The van der Waals surface area contributed by atoms with Gasteiger partial charge in [0.05, 0.1) is 29.5 Å². The molecule has 5 rings (SSSR count). The van der Waals surface area contributed by atoms with E-state index in [1.165, 1.54) is 9.87 Å². The van der Waals surface area contributed by atoms with E-state index in [0.717, 1.165) is 34.7 Å². The Bertz CT molecular complexity index is 1490. The first-order chi connectivity index (χ1) is 17.5. The average Bonchev–Trinajstić information content (AvgIpc) is 3.31. The lowest BCUT2D eigenvalue weighted by atomic mass is 10.1. The molecule has 186 valence electrons. The number of nitrogens with zero attached hydrogens (tertiary/aromatic N) is 3. The highest BCUT2D eigenvalue weighted by molar-refractivity contribution is 7.89. The van der Waals surface area contributed by atoms with Gasteiger partial charge in [-0.15, -0.1) is 11.3 Å². The number of sulfonamides is 1. The van der Waals surface area contributed by atoms with Crippen LogP contribution in [0.1, 0.15) is 5.56 Å². The van der Waals surface area contributed by atoms with E-state index < -0.39 is 10.0 Å². The maximum absolute atomic E-state index is 13.0. The van der Waals surface area contributed by atoms with E-state index in [-0.39, 0.29) is 0 Å². The van der Waals surface area contributed by atoms with E-state index in [1.807, 2.05) is 54.6 Å². The molecule has 1 aliphatic rings. The summed E-state index contributed by atoms with van der Waals surface area (Å²) in [5.74, 6) is 0. The number of halogens is 1. The summed E-state index contributed by atoms with van der Waals surface area (Å²) < 4.78 is 35.0. The molecule has 1 aliphatic heterocycles. The number of aryl methyl sites for hydroxylation is 1. The van der Waals surface area contributed by atoms with Crippen molar-refractivity contribution in [2.24, 2.45) is 4.99 Å². The highest BCUT2D eigenvalue weighted by Gasteiger charge is 2.26. The fourth-order valence-corrected chi connectivity index (χ4v) is 6.69. The van der Waals surface area contributed by atoms with Crippen molar-refractivity contribution >= 4 is 38.6 Å². The Kier molecular flexibility index (Phi) is 7.69. The first-order valence-corrected chi connectivity index (χ1v) is 14.4. The van der Waals surface area contributed by atoms with Crippen LogP contribution in [-0.2, 0) is 27.7 Å². The van der Waals surface area contributed by atoms with E-state index in [1.54, 1.807) is 23.5 Å². The van der Waals surface area contributed by atoms with Gasteiger partial charge in [0, 0.05) is 30.0 Å². The summed E-state index contributed by atoms with van der Waals surface area (Å²) in [5, 5.41) is 2.71. The molecule has 1 aromatic heterocycles. The molecule has 0 atom stereocenters. The van der Waals surface area contributed by atoms with Gasteiger partial charge in [0.15, 0.2) is 4.80 Å². The topological polar surface area (TPSA) is 63.9 Å². The normalized spacial score (nSPS) is 15.3. The van der Waals surface area contributed by atoms with Crippen LogP contribution in [-0.4, -0.2) is 43.6 Å². The number of hydrogen-bond acceptors (Lipinski definition) is 5. The molecule has 4 aromatic rings. The first kappa shape index (κ1) is 24.9. The molecule has 2 heterocycles. The molecular formula is C27H26ClN3O3S2. The maximum Gasteiger partial charge on any atom is 0.243 e. The van der Waals surface area contributed by atoms with E-state index in [9.17, 15) is 8.42 Å². The zero-order chi connectivity index (χ0) is 25.0. The third kappa shape index (κ3) is 5.63. The molecule has 9 heteroatoms. The molecule has 1 fully saturated rings.